The highest BCUT2D eigenvalue weighted by molar-refractivity contribution is 5.28. The summed E-state index contributed by atoms with van der Waals surface area (Å²) in [4.78, 5) is 8.72. The lowest BCUT2D eigenvalue weighted by atomic mass is 10.1. The molecule has 1 aliphatic heterocycles. The molecular weight excluding hydrogens is 250 g/mol. The van der Waals surface area contributed by atoms with Gasteiger partial charge < -0.3 is 10.1 Å². The van der Waals surface area contributed by atoms with Crippen LogP contribution >= 0.6 is 0 Å². The van der Waals surface area contributed by atoms with E-state index in [-0.39, 0.29) is 0 Å². The minimum atomic E-state index is 0.308. The molecule has 1 unspecified atom stereocenters. The summed E-state index contributed by atoms with van der Waals surface area (Å²) < 4.78 is 5.56. The Balaban J connectivity index is 1.54. The molecule has 0 bridgehead atoms. The number of aromatic nitrogens is 2. The second-order valence-corrected chi connectivity index (χ2v) is 5.09. The normalized spacial score (nSPS) is 18.1. The predicted octanol–water partition coefficient (Wildman–Crippen LogP) is 2.66. The van der Waals surface area contributed by atoms with E-state index in [1.807, 2.05) is 30.6 Å². The summed E-state index contributed by atoms with van der Waals surface area (Å²) in [5.41, 5.74) is 2.40. The lowest BCUT2D eigenvalue weighted by Crippen LogP contribution is -2.19. The molecule has 4 nitrogen and oxygen atoms in total. The van der Waals surface area contributed by atoms with Gasteiger partial charge in [-0.25, -0.2) is 9.97 Å². The summed E-state index contributed by atoms with van der Waals surface area (Å²) >= 11 is 0. The molecule has 1 atom stereocenters. The standard InChI is InChI=1S/C16H19N3O/c1-2-5-13(6-3-1)9-14-10-17-16(18-11-14)19-12-15-7-4-8-20-15/h1-3,5-6,10-11,15H,4,7-9,12H2,(H,17,18,19). The maximum absolute atomic E-state index is 5.56. The Bertz CT molecular complexity index is 521. The number of hydrogen-bond acceptors (Lipinski definition) is 4. The van der Waals surface area contributed by atoms with E-state index in [4.69, 9.17) is 4.74 Å². The Kier molecular flexibility index (Phi) is 4.23. The van der Waals surface area contributed by atoms with Crippen LogP contribution in [0.25, 0.3) is 0 Å². The first kappa shape index (κ1) is 13.1. The zero-order chi connectivity index (χ0) is 13.6. The topological polar surface area (TPSA) is 47.0 Å². The zero-order valence-electron chi connectivity index (χ0n) is 11.5. The van der Waals surface area contributed by atoms with Crippen molar-refractivity contribution in [1.82, 2.24) is 9.97 Å². The zero-order valence-corrected chi connectivity index (χ0v) is 11.5. The largest absolute Gasteiger partial charge is 0.376 e. The van der Waals surface area contributed by atoms with E-state index in [9.17, 15) is 0 Å². The van der Waals surface area contributed by atoms with Crippen LogP contribution in [0.5, 0.6) is 0 Å². The van der Waals surface area contributed by atoms with Crippen molar-refractivity contribution >= 4 is 5.95 Å². The summed E-state index contributed by atoms with van der Waals surface area (Å²) in [5, 5.41) is 3.23. The number of nitrogens with one attached hydrogen (secondary N) is 1. The molecule has 0 radical (unpaired) electrons. The number of ether oxygens (including phenoxy) is 1. The molecule has 20 heavy (non-hydrogen) atoms. The lowest BCUT2D eigenvalue weighted by Gasteiger charge is -2.10. The van der Waals surface area contributed by atoms with Crippen molar-refractivity contribution in [3.8, 4) is 0 Å². The highest BCUT2D eigenvalue weighted by atomic mass is 16.5. The van der Waals surface area contributed by atoms with Gasteiger partial charge in [-0.05, 0) is 24.0 Å². The second kappa shape index (κ2) is 6.48. The Morgan fingerprint density at radius 3 is 2.60 bits per heavy atom. The minimum Gasteiger partial charge on any atom is -0.376 e. The average Bonchev–Trinajstić information content (AvgIpc) is 3.01. The van der Waals surface area contributed by atoms with Gasteiger partial charge in [0.1, 0.15) is 0 Å². The van der Waals surface area contributed by atoms with Gasteiger partial charge in [0.05, 0.1) is 6.10 Å². The minimum absolute atomic E-state index is 0.308. The first-order valence-corrected chi connectivity index (χ1v) is 7.10. The van der Waals surface area contributed by atoms with Crippen LogP contribution < -0.4 is 5.32 Å². The van der Waals surface area contributed by atoms with Gasteiger partial charge in [-0.15, -0.1) is 0 Å². The van der Waals surface area contributed by atoms with Crippen LogP contribution in [-0.4, -0.2) is 29.2 Å². The third kappa shape index (κ3) is 3.54. The lowest BCUT2D eigenvalue weighted by molar-refractivity contribution is 0.120. The number of nitrogens with zero attached hydrogens (tertiary/aromatic N) is 2. The van der Waals surface area contributed by atoms with Gasteiger partial charge in [0.2, 0.25) is 5.95 Å². The van der Waals surface area contributed by atoms with Crippen LogP contribution in [0.1, 0.15) is 24.0 Å². The molecule has 0 spiro atoms. The number of benzene rings is 1. The van der Waals surface area contributed by atoms with Crippen molar-refractivity contribution in [2.45, 2.75) is 25.4 Å². The van der Waals surface area contributed by atoms with Crippen LogP contribution in [0.3, 0.4) is 0 Å². The first-order valence-electron chi connectivity index (χ1n) is 7.10. The fraction of sp³-hybridized carbons (Fsp3) is 0.375. The molecule has 2 heterocycles. The van der Waals surface area contributed by atoms with Crippen LogP contribution in [0.2, 0.25) is 0 Å². The third-order valence-electron chi connectivity index (χ3n) is 3.47. The van der Waals surface area contributed by atoms with E-state index >= 15 is 0 Å². The molecule has 104 valence electrons. The highest BCUT2D eigenvalue weighted by Crippen LogP contribution is 2.13. The van der Waals surface area contributed by atoms with E-state index in [1.54, 1.807) is 0 Å². The summed E-state index contributed by atoms with van der Waals surface area (Å²) in [6, 6.07) is 10.4. The fourth-order valence-electron chi connectivity index (χ4n) is 2.38. The van der Waals surface area contributed by atoms with Crippen LogP contribution in [0.15, 0.2) is 42.7 Å². The maximum atomic E-state index is 5.56. The number of hydrogen-bond donors (Lipinski definition) is 1. The molecule has 0 aliphatic carbocycles. The highest BCUT2D eigenvalue weighted by Gasteiger charge is 2.15. The summed E-state index contributed by atoms with van der Waals surface area (Å²) in [5.74, 6) is 0.678. The Morgan fingerprint density at radius 2 is 1.90 bits per heavy atom. The van der Waals surface area contributed by atoms with Gasteiger partial charge in [-0.1, -0.05) is 30.3 Å². The van der Waals surface area contributed by atoms with Gasteiger partial charge in [0.25, 0.3) is 0 Å². The van der Waals surface area contributed by atoms with Gasteiger partial charge in [0, 0.05) is 32.0 Å². The van der Waals surface area contributed by atoms with Crippen molar-refractivity contribution < 1.29 is 4.74 Å². The van der Waals surface area contributed by atoms with Crippen molar-refractivity contribution in [3.05, 3.63) is 53.9 Å². The van der Waals surface area contributed by atoms with Gasteiger partial charge >= 0.3 is 0 Å². The second-order valence-electron chi connectivity index (χ2n) is 5.09. The van der Waals surface area contributed by atoms with E-state index in [1.165, 1.54) is 5.56 Å². The third-order valence-corrected chi connectivity index (χ3v) is 3.47. The van der Waals surface area contributed by atoms with Gasteiger partial charge in [0.15, 0.2) is 0 Å². The van der Waals surface area contributed by atoms with E-state index in [0.29, 0.717) is 12.1 Å². The molecule has 1 N–H and O–H groups in total. The molecule has 4 heteroatoms. The number of anilines is 1. The van der Waals surface area contributed by atoms with Gasteiger partial charge in [-0.2, -0.15) is 0 Å². The maximum Gasteiger partial charge on any atom is 0.222 e. The van der Waals surface area contributed by atoms with E-state index < -0.39 is 0 Å². The monoisotopic (exact) mass is 269 g/mol. The molecule has 2 aromatic rings. The van der Waals surface area contributed by atoms with Gasteiger partial charge in [-0.3, -0.25) is 0 Å². The Hall–Kier alpha value is -1.94. The average molecular weight is 269 g/mol. The molecule has 1 aromatic carbocycles. The Morgan fingerprint density at radius 1 is 1.10 bits per heavy atom. The van der Waals surface area contributed by atoms with E-state index in [2.05, 4.69) is 27.4 Å². The summed E-state index contributed by atoms with van der Waals surface area (Å²) in [7, 11) is 0. The molecule has 1 fully saturated rings. The molecule has 1 saturated heterocycles. The molecule has 1 aliphatic rings. The molecule has 3 rings (SSSR count). The number of rotatable bonds is 5. The smallest absolute Gasteiger partial charge is 0.222 e. The quantitative estimate of drug-likeness (QED) is 0.906. The summed E-state index contributed by atoms with van der Waals surface area (Å²) in [6.45, 7) is 1.67. The summed E-state index contributed by atoms with van der Waals surface area (Å²) in [6.07, 6.45) is 7.23. The van der Waals surface area contributed by atoms with Crippen LogP contribution in [0.4, 0.5) is 5.95 Å². The SMILES string of the molecule is c1ccc(Cc2cnc(NCC3CCCO3)nc2)cc1. The van der Waals surface area contributed by atoms with E-state index in [0.717, 1.165) is 38.0 Å². The molecule has 0 saturated carbocycles. The molecular formula is C16H19N3O. The van der Waals surface area contributed by atoms with Crippen molar-refractivity contribution in [2.75, 3.05) is 18.5 Å². The van der Waals surface area contributed by atoms with Crippen molar-refractivity contribution in [1.29, 1.82) is 0 Å². The van der Waals surface area contributed by atoms with Crippen molar-refractivity contribution in [3.63, 3.8) is 0 Å². The first-order chi connectivity index (χ1) is 9.90. The molecule has 1 aromatic heterocycles. The fourth-order valence-corrected chi connectivity index (χ4v) is 2.38. The van der Waals surface area contributed by atoms with Crippen LogP contribution in [0, 0.1) is 0 Å². The Labute approximate surface area is 119 Å². The molecule has 0 amide bonds. The van der Waals surface area contributed by atoms with Crippen LogP contribution in [-0.2, 0) is 11.2 Å². The predicted molar refractivity (Wildman–Crippen MR) is 78.7 cm³/mol. The van der Waals surface area contributed by atoms with Crippen molar-refractivity contribution in [2.24, 2.45) is 0 Å².